The maximum absolute atomic E-state index is 13.7. The summed E-state index contributed by atoms with van der Waals surface area (Å²) in [7, 11) is 0. The molecule has 0 saturated heterocycles. The van der Waals surface area contributed by atoms with Crippen LogP contribution in [0.4, 0.5) is 8.78 Å². The number of halogens is 3. The van der Waals surface area contributed by atoms with Crippen molar-refractivity contribution in [1.29, 1.82) is 0 Å². The molecule has 20 heavy (non-hydrogen) atoms. The molecule has 0 aliphatic carbocycles. The van der Waals surface area contributed by atoms with Gasteiger partial charge in [0.05, 0.1) is 0 Å². The minimum atomic E-state index is -0.534. The van der Waals surface area contributed by atoms with Crippen LogP contribution in [0.5, 0.6) is 5.75 Å². The fraction of sp³-hybridized carbons (Fsp3) is 0.0714. The van der Waals surface area contributed by atoms with Crippen molar-refractivity contribution in [2.75, 3.05) is 0 Å². The lowest BCUT2D eigenvalue weighted by molar-refractivity contribution is 0.303. The number of hydrogen-bond donors (Lipinski definition) is 1. The van der Waals surface area contributed by atoms with Gasteiger partial charge in [0.25, 0.3) is 0 Å². The molecule has 0 atom stereocenters. The molecule has 0 fully saturated rings. The van der Waals surface area contributed by atoms with Crippen LogP contribution in [0.3, 0.4) is 0 Å². The Kier molecular flexibility index (Phi) is 4.67. The molecule has 0 aliphatic heterocycles. The lowest BCUT2D eigenvalue weighted by Crippen LogP contribution is -2.11. The number of ether oxygens (including phenoxy) is 1. The van der Waals surface area contributed by atoms with Gasteiger partial charge >= 0.3 is 0 Å². The lowest BCUT2D eigenvalue weighted by Gasteiger charge is -2.09. The maximum atomic E-state index is 13.7. The van der Waals surface area contributed by atoms with Crippen LogP contribution in [-0.4, -0.2) is 4.99 Å². The number of hydrogen-bond acceptors (Lipinski definition) is 2. The molecule has 2 aromatic rings. The van der Waals surface area contributed by atoms with Crippen LogP contribution in [0.25, 0.3) is 0 Å². The summed E-state index contributed by atoms with van der Waals surface area (Å²) in [5, 5.41) is 0. The highest BCUT2D eigenvalue weighted by molar-refractivity contribution is 9.10. The summed E-state index contributed by atoms with van der Waals surface area (Å²) in [4.78, 5) is -0.00432. The Morgan fingerprint density at radius 3 is 2.55 bits per heavy atom. The molecule has 2 N–H and O–H groups in total. The van der Waals surface area contributed by atoms with E-state index in [0.29, 0.717) is 10.2 Å². The summed E-state index contributed by atoms with van der Waals surface area (Å²) in [5.74, 6) is -0.528. The minimum absolute atomic E-state index is 0.00432. The zero-order chi connectivity index (χ0) is 14.7. The van der Waals surface area contributed by atoms with Crippen LogP contribution in [0.15, 0.2) is 40.9 Å². The van der Waals surface area contributed by atoms with Gasteiger partial charge in [-0.1, -0.05) is 34.2 Å². The fourth-order valence-electron chi connectivity index (χ4n) is 1.59. The Labute approximate surface area is 128 Å². The van der Waals surface area contributed by atoms with Gasteiger partial charge in [0, 0.05) is 21.7 Å². The van der Waals surface area contributed by atoms with Crippen LogP contribution >= 0.6 is 28.1 Å². The van der Waals surface area contributed by atoms with Gasteiger partial charge in [0.2, 0.25) is 0 Å². The number of thiocarbonyl (C=S) groups is 1. The molecule has 0 spiro atoms. The summed E-state index contributed by atoms with van der Waals surface area (Å²) in [6.07, 6.45) is 0. The van der Waals surface area contributed by atoms with E-state index in [0.717, 1.165) is 5.56 Å². The third kappa shape index (κ3) is 3.52. The van der Waals surface area contributed by atoms with Gasteiger partial charge in [0.15, 0.2) is 0 Å². The first-order chi connectivity index (χ1) is 9.47. The topological polar surface area (TPSA) is 35.2 Å². The highest BCUT2D eigenvalue weighted by Gasteiger charge is 2.08. The highest BCUT2D eigenvalue weighted by Crippen LogP contribution is 2.22. The minimum Gasteiger partial charge on any atom is -0.489 e. The van der Waals surface area contributed by atoms with E-state index >= 15 is 0 Å². The zero-order valence-corrected chi connectivity index (χ0v) is 12.6. The molecule has 2 aromatic carbocycles. The van der Waals surface area contributed by atoms with E-state index < -0.39 is 5.82 Å². The Bertz CT molecular complexity index is 664. The van der Waals surface area contributed by atoms with Gasteiger partial charge in [0.1, 0.15) is 29.0 Å². The average molecular weight is 358 g/mol. The van der Waals surface area contributed by atoms with E-state index in [9.17, 15) is 8.78 Å². The van der Waals surface area contributed by atoms with Gasteiger partial charge in [-0.25, -0.2) is 8.78 Å². The van der Waals surface area contributed by atoms with Crippen molar-refractivity contribution in [2.45, 2.75) is 6.61 Å². The van der Waals surface area contributed by atoms with Crippen LogP contribution in [-0.2, 0) is 6.61 Å². The first kappa shape index (κ1) is 14.9. The van der Waals surface area contributed by atoms with E-state index in [4.69, 9.17) is 22.7 Å². The SMILES string of the molecule is NC(=S)c1ccc(OCc2ccc(F)cc2Br)cc1F. The first-order valence-corrected chi connectivity index (χ1v) is 6.83. The van der Waals surface area contributed by atoms with Gasteiger partial charge in [-0.15, -0.1) is 0 Å². The smallest absolute Gasteiger partial charge is 0.137 e. The van der Waals surface area contributed by atoms with Crippen LogP contribution in [0, 0.1) is 11.6 Å². The lowest BCUT2D eigenvalue weighted by atomic mass is 10.2. The van der Waals surface area contributed by atoms with E-state index in [1.54, 1.807) is 12.1 Å². The van der Waals surface area contributed by atoms with Gasteiger partial charge in [-0.3, -0.25) is 0 Å². The molecule has 0 radical (unpaired) electrons. The Hall–Kier alpha value is -1.53. The van der Waals surface area contributed by atoms with Crippen molar-refractivity contribution in [3.8, 4) is 5.75 Å². The van der Waals surface area contributed by atoms with Crippen LogP contribution in [0.1, 0.15) is 11.1 Å². The van der Waals surface area contributed by atoms with Crippen LogP contribution < -0.4 is 10.5 Å². The number of nitrogens with two attached hydrogens (primary N) is 1. The van der Waals surface area contributed by atoms with E-state index in [1.807, 2.05) is 0 Å². The molecular formula is C14H10BrF2NOS. The zero-order valence-electron chi connectivity index (χ0n) is 10.2. The number of rotatable bonds is 4. The summed E-state index contributed by atoms with van der Waals surface area (Å²) in [6, 6.07) is 8.53. The maximum Gasteiger partial charge on any atom is 0.137 e. The van der Waals surface area contributed by atoms with Gasteiger partial charge < -0.3 is 10.5 Å². The highest BCUT2D eigenvalue weighted by atomic mass is 79.9. The largest absolute Gasteiger partial charge is 0.489 e. The summed E-state index contributed by atoms with van der Waals surface area (Å²) in [5.41, 5.74) is 6.30. The molecule has 0 amide bonds. The first-order valence-electron chi connectivity index (χ1n) is 5.63. The Balaban J connectivity index is 2.11. The molecule has 0 bridgehead atoms. The van der Waals surface area contributed by atoms with E-state index in [1.165, 1.54) is 24.3 Å². The normalized spacial score (nSPS) is 10.3. The van der Waals surface area contributed by atoms with Crippen molar-refractivity contribution in [1.82, 2.24) is 0 Å². The molecule has 2 nitrogen and oxygen atoms in total. The number of benzene rings is 2. The second kappa shape index (κ2) is 6.28. The van der Waals surface area contributed by atoms with Crippen molar-refractivity contribution in [3.63, 3.8) is 0 Å². The fourth-order valence-corrected chi connectivity index (χ4v) is 2.22. The molecule has 0 aromatic heterocycles. The molecular weight excluding hydrogens is 348 g/mol. The standard InChI is InChI=1S/C14H10BrF2NOS/c15-12-5-9(16)2-1-8(12)7-19-10-3-4-11(14(18)20)13(17)6-10/h1-6H,7H2,(H2,18,20). The quantitative estimate of drug-likeness (QED) is 0.841. The van der Waals surface area contributed by atoms with Crippen molar-refractivity contribution in [3.05, 3.63) is 63.6 Å². The third-order valence-corrected chi connectivity index (χ3v) is 3.57. The molecule has 104 valence electrons. The second-order valence-corrected chi connectivity index (χ2v) is 5.32. The molecule has 2 rings (SSSR count). The summed E-state index contributed by atoms with van der Waals surface area (Å²) in [6.45, 7) is 0.187. The molecule has 0 aliphatic rings. The average Bonchev–Trinajstić information content (AvgIpc) is 2.37. The van der Waals surface area contributed by atoms with Gasteiger partial charge in [-0.2, -0.15) is 0 Å². The van der Waals surface area contributed by atoms with Crippen molar-refractivity contribution in [2.24, 2.45) is 5.73 Å². The van der Waals surface area contributed by atoms with Gasteiger partial charge in [-0.05, 0) is 24.3 Å². The monoisotopic (exact) mass is 357 g/mol. The van der Waals surface area contributed by atoms with E-state index in [2.05, 4.69) is 15.9 Å². The molecule has 0 unspecified atom stereocenters. The summed E-state index contributed by atoms with van der Waals surface area (Å²) < 4.78 is 32.6. The van der Waals surface area contributed by atoms with Crippen molar-refractivity contribution >= 4 is 33.1 Å². The van der Waals surface area contributed by atoms with E-state index in [-0.39, 0.29) is 23.0 Å². The predicted octanol–water partition coefficient (Wildman–Crippen LogP) is 3.94. The van der Waals surface area contributed by atoms with Crippen LogP contribution in [0.2, 0.25) is 0 Å². The Morgan fingerprint density at radius 2 is 1.95 bits per heavy atom. The third-order valence-electron chi connectivity index (χ3n) is 2.62. The molecule has 0 heterocycles. The molecule has 6 heteroatoms. The predicted molar refractivity (Wildman–Crippen MR) is 80.7 cm³/mol. The molecule has 0 saturated carbocycles. The second-order valence-electron chi connectivity index (χ2n) is 4.03. The summed E-state index contributed by atoms with van der Waals surface area (Å²) >= 11 is 7.96. The Morgan fingerprint density at radius 1 is 1.20 bits per heavy atom. The van der Waals surface area contributed by atoms with Crippen molar-refractivity contribution < 1.29 is 13.5 Å².